The molecule has 1 N–H and O–H groups in total. The first-order valence-corrected chi connectivity index (χ1v) is 6.30. The van der Waals surface area contributed by atoms with Crippen LogP contribution in [0.1, 0.15) is 31.0 Å². The van der Waals surface area contributed by atoms with Crippen molar-refractivity contribution < 1.29 is 0 Å². The van der Waals surface area contributed by atoms with Crippen LogP contribution in [-0.4, -0.2) is 14.5 Å². The highest BCUT2D eigenvalue weighted by Gasteiger charge is 2.07. The maximum Gasteiger partial charge on any atom is 0.293 e. The molecule has 0 amide bonds. The van der Waals surface area contributed by atoms with Crippen LogP contribution in [0.3, 0.4) is 0 Å². The Morgan fingerprint density at radius 2 is 2.16 bits per heavy atom. The minimum Gasteiger partial charge on any atom is -0.361 e. The third kappa shape index (κ3) is 2.99. The number of rotatable bonds is 4. The molecule has 0 saturated carbocycles. The molecule has 5 nitrogen and oxygen atoms in total. The van der Waals surface area contributed by atoms with Gasteiger partial charge in [-0.2, -0.15) is 0 Å². The molecule has 2 aromatic heterocycles. The molecule has 0 radical (unpaired) electrons. The molecule has 0 unspecified atom stereocenters. The summed E-state index contributed by atoms with van der Waals surface area (Å²) in [4.78, 5) is 20.3. The molecule has 0 saturated heterocycles. The van der Waals surface area contributed by atoms with Gasteiger partial charge in [-0.25, -0.2) is 4.98 Å². The summed E-state index contributed by atoms with van der Waals surface area (Å²) in [6.07, 6.45) is 6.89. The number of anilines is 1. The summed E-state index contributed by atoms with van der Waals surface area (Å²) in [6, 6.07) is 2.07. The molecule has 2 rings (SSSR count). The highest BCUT2D eigenvalue weighted by atomic mass is 16.1. The zero-order valence-corrected chi connectivity index (χ0v) is 11.4. The first-order valence-electron chi connectivity index (χ1n) is 6.30. The normalized spacial score (nSPS) is 10.7. The van der Waals surface area contributed by atoms with Crippen molar-refractivity contribution in [1.29, 1.82) is 0 Å². The molecule has 0 bridgehead atoms. The topological polar surface area (TPSA) is 59.8 Å². The number of hydrogen-bond acceptors (Lipinski definition) is 4. The first-order chi connectivity index (χ1) is 9.09. The molecule has 0 spiro atoms. The predicted molar refractivity (Wildman–Crippen MR) is 75.2 cm³/mol. The summed E-state index contributed by atoms with van der Waals surface area (Å²) in [7, 11) is 0. The van der Waals surface area contributed by atoms with Crippen LogP contribution in [0.2, 0.25) is 0 Å². The van der Waals surface area contributed by atoms with E-state index >= 15 is 0 Å². The first kappa shape index (κ1) is 13.3. The lowest BCUT2D eigenvalue weighted by Gasteiger charge is -2.12. The van der Waals surface area contributed by atoms with Gasteiger partial charge in [-0.05, 0) is 38.0 Å². The van der Waals surface area contributed by atoms with Crippen LogP contribution < -0.4 is 10.9 Å². The van der Waals surface area contributed by atoms with Gasteiger partial charge in [0.25, 0.3) is 5.56 Å². The molecule has 0 aromatic carbocycles. The molecule has 19 heavy (non-hydrogen) atoms. The van der Waals surface area contributed by atoms with E-state index in [1.165, 1.54) is 0 Å². The van der Waals surface area contributed by atoms with Crippen molar-refractivity contribution in [2.45, 2.75) is 33.4 Å². The van der Waals surface area contributed by atoms with Crippen molar-refractivity contribution in [2.24, 2.45) is 0 Å². The van der Waals surface area contributed by atoms with E-state index < -0.39 is 0 Å². The van der Waals surface area contributed by atoms with E-state index in [0.717, 1.165) is 11.1 Å². The molecule has 100 valence electrons. The Balaban J connectivity index is 2.19. The van der Waals surface area contributed by atoms with Crippen LogP contribution in [0.5, 0.6) is 0 Å². The zero-order valence-electron chi connectivity index (χ0n) is 11.4. The van der Waals surface area contributed by atoms with Gasteiger partial charge < -0.3 is 9.88 Å². The average Bonchev–Trinajstić information content (AvgIpc) is 2.39. The lowest BCUT2D eigenvalue weighted by atomic mass is 10.1. The van der Waals surface area contributed by atoms with E-state index in [1.54, 1.807) is 29.4 Å². The summed E-state index contributed by atoms with van der Waals surface area (Å²) in [6.45, 7) is 6.50. The van der Waals surface area contributed by atoms with Gasteiger partial charge in [0, 0.05) is 37.4 Å². The number of nitrogens with zero attached hydrogens (tertiary/aromatic N) is 3. The summed E-state index contributed by atoms with van der Waals surface area (Å²) < 4.78 is 1.66. The van der Waals surface area contributed by atoms with Gasteiger partial charge in [0.1, 0.15) is 0 Å². The molecule has 0 aliphatic rings. The largest absolute Gasteiger partial charge is 0.361 e. The number of aryl methyl sites for hydroxylation is 1. The monoisotopic (exact) mass is 258 g/mol. The van der Waals surface area contributed by atoms with E-state index in [1.807, 2.05) is 26.8 Å². The van der Waals surface area contributed by atoms with Gasteiger partial charge in [0.15, 0.2) is 5.82 Å². The SMILES string of the molecule is Cc1ccncc1CNc1nccn(C(C)C)c1=O. The highest BCUT2D eigenvalue weighted by molar-refractivity contribution is 5.34. The third-order valence-electron chi connectivity index (χ3n) is 3.02. The molecule has 2 heterocycles. The molecule has 5 heteroatoms. The summed E-state index contributed by atoms with van der Waals surface area (Å²) in [5.41, 5.74) is 2.10. The molecular weight excluding hydrogens is 240 g/mol. The third-order valence-corrected chi connectivity index (χ3v) is 3.02. The molecule has 0 aliphatic carbocycles. The Labute approximate surface area is 112 Å². The van der Waals surface area contributed by atoms with E-state index in [2.05, 4.69) is 15.3 Å². The summed E-state index contributed by atoms with van der Waals surface area (Å²) >= 11 is 0. The Kier molecular flexibility index (Phi) is 3.94. The Morgan fingerprint density at radius 1 is 1.37 bits per heavy atom. The van der Waals surface area contributed by atoms with E-state index in [4.69, 9.17) is 0 Å². The van der Waals surface area contributed by atoms with Crippen molar-refractivity contribution in [3.63, 3.8) is 0 Å². The lowest BCUT2D eigenvalue weighted by Crippen LogP contribution is -2.25. The fourth-order valence-corrected chi connectivity index (χ4v) is 1.81. The Morgan fingerprint density at radius 3 is 2.84 bits per heavy atom. The van der Waals surface area contributed by atoms with Crippen molar-refractivity contribution in [3.8, 4) is 0 Å². The van der Waals surface area contributed by atoms with Crippen molar-refractivity contribution >= 4 is 5.82 Å². The minimum atomic E-state index is -0.0981. The van der Waals surface area contributed by atoms with Crippen LogP contribution in [0, 0.1) is 6.92 Å². The quantitative estimate of drug-likeness (QED) is 0.912. The molecule has 0 fully saturated rings. The summed E-state index contributed by atoms with van der Waals surface area (Å²) in [5, 5.41) is 3.08. The second kappa shape index (κ2) is 5.65. The fourth-order valence-electron chi connectivity index (χ4n) is 1.81. The van der Waals surface area contributed by atoms with Gasteiger partial charge >= 0.3 is 0 Å². The molecule has 0 aliphatic heterocycles. The zero-order chi connectivity index (χ0) is 13.8. The van der Waals surface area contributed by atoms with E-state index in [-0.39, 0.29) is 11.6 Å². The van der Waals surface area contributed by atoms with E-state index in [9.17, 15) is 4.79 Å². The Bertz CT molecular complexity index is 619. The maximum absolute atomic E-state index is 12.1. The minimum absolute atomic E-state index is 0.0981. The maximum atomic E-state index is 12.1. The van der Waals surface area contributed by atoms with Gasteiger partial charge in [-0.3, -0.25) is 9.78 Å². The standard InChI is InChI=1S/C14H18N4O/c1-10(2)18-7-6-16-13(14(18)19)17-9-12-8-15-5-4-11(12)3/h4-8,10H,9H2,1-3H3,(H,16,17). The second-order valence-corrected chi connectivity index (χ2v) is 4.74. The lowest BCUT2D eigenvalue weighted by molar-refractivity contribution is 0.575. The second-order valence-electron chi connectivity index (χ2n) is 4.74. The van der Waals surface area contributed by atoms with Crippen LogP contribution in [0.25, 0.3) is 0 Å². The predicted octanol–water partition coefficient (Wildman–Crippen LogP) is 2.14. The van der Waals surface area contributed by atoms with Gasteiger partial charge in [-0.1, -0.05) is 0 Å². The molecule has 0 atom stereocenters. The average molecular weight is 258 g/mol. The van der Waals surface area contributed by atoms with Crippen LogP contribution >= 0.6 is 0 Å². The molecular formula is C14H18N4O. The highest BCUT2D eigenvalue weighted by Crippen LogP contribution is 2.07. The Hall–Kier alpha value is -2.17. The fraction of sp³-hybridized carbons (Fsp3) is 0.357. The van der Waals surface area contributed by atoms with Crippen LogP contribution in [-0.2, 0) is 6.54 Å². The smallest absolute Gasteiger partial charge is 0.293 e. The van der Waals surface area contributed by atoms with Crippen LogP contribution in [0.15, 0.2) is 35.6 Å². The van der Waals surface area contributed by atoms with Crippen LogP contribution in [0.4, 0.5) is 5.82 Å². The number of aromatic nitrogens is 3. The van der Waals surface area contributed by atoms with Crippen molar-refractivity contribution in [1.82, 2.24) is 14.5 Å². The van der Waals surface area contributed by atoms with E-state index in [0.29, 0.717) is 12.4 Å². The number of hydrogen-bond donors (Lipinski definition) is 1. The van der Waals surface area contributed by atoms with Gasteiger partial charge in [-0.15, -0.1) is 0 Å². The number of pyridine rings is 1. The molecule has 2 aromatic rings. The van der Waals surface area contributed by atoms with Crippen molar-refractivity contribution in [3.05, 3.63) is 52.3 Å². The van der Waals surface area contributed by atoms with Crippen molar-refractivity contribution in [2.75, 3.05) is 5.32 Å². The van der Waals surface area contributed by atoms with Gasteiger partial charge in [0.2, 0.25) is 0 Å². The van der Waals surface area contributed by atoms with Gasteiger partial charge in [0.05, 0.1) is 0 Å². The summed E-state index contributed by atoms with van der Waals surface area (Å²) in [5.74, 6) is 0.374. The number of nitrogens with one attached hydrogen (secondary N) is 1.